The van der Waals surface area contributed by atoms with Crippen molar-refractivity contribution in [3.63, 3.8) is 0 Å². The van der Waals surface area contributed by atoms with Gasteiger partial charge < -0.3 is 4.90 Å². The van der Waals surface area contributed by atoms with Gasteiger partial charge in [0.1, 0.15) is 4.83 Å². The molecule has 7 heteroatoms. The molecule has 24 heavy (non-hydrogen) atoms. The monoisotopic (exact) mass is 365 g/mol. The Balaban J connectivity index is 1.95. The normalized spacial score (nSPS) is 15.0. The molecule has 0 aliphatic carbocycles. The molecule has 1 saturated heterocycles. The zero-order valence-electron chi connectivity index (χ0n) is 14.6. The Bertz CT molecular complexity index is 832. The topological polar surface area (TPSA) is 55.2 Å². The van der Waals surface area contributed by atoms with Crippen molar-refractivity contribution in [1.82, 2.24) is 14.5 Å². The molecule has 0 N–H and O–H groups in total. The minimum atomic E-state index is 0.00738. The van der Waals surface area contributed by atoms with Crippen LogP contribution in [-0.4, -0.2) is 39.2 Å². The third kappa shape index (κ3) is 3.11. The number of hydrogen-bond donors (Lipinski definition) is 0. The first kappa shape index (κ1) is 17.5. The quantitative estimate of drug-likeness (QED) is 0.616. The molecule has 1 aliphatic heterocycles. The standard InChI is InChI=1S/C17H23N3O2S2/c1-10(2)20-16(22)14-11(3)12(4)24-15(14)18-17(20)23-9-13(21)19-7-5-6-8-19/h10H,5-9H2,1-4H3. The van der Waals surface area contributed by atoms with Gasteiger partial charge in [0.05, 0.1) is 11.1 Å². The minimum absolute atomic E-state index is 0.00738. The van der Waals surface area contributed by atoms with Gasteiger partial charge in [-0.25, -0.2) is 4.98 Å². The molecular formula is C17H23N3O2S2. The summed E-state index contributed by atoms with van der Waals surface area (Å²) in [5.74, 6) is 0.481. The molecule has 130 valence electrons. The molecule has 2 aromatic rings. The summed E-state index contributed by atoms with van der Waals surface area (Å²) in [4.78, 5) is 33.8. The summed E-state index contributed by atoms with van der Waals surface area (Å²) in [6, 6.07) is 0.0124. The number of rotatable bonds is 4. The second-order valence-electron chi connectivity index (χ2n) is 6.50. The van der Waals surface area contributed by atoms with Crippen LogP contribution in [0.15, 0.2) is 9.95 Å². The SMILES string of the molecule is Cc1sc2nc(SCC(=O)N3CCCC3)n(C(C)C)c(=O)c2c1C. The lowest BCUT2D eigenvalue weighted by atomic mass is 10.2. The third-order valence-corrected chi connectivity index (χ3v) is 6.54. The van der Waals surface area contributed by atoms with Crippen LogP contribution >= 0.6 is 23.1 Å². The lowest BCUT2D eigenvalue weighted by Crippen LogP contribution is -2.30. The molecule has 5 nitrogen and oxygen atoms in total. The van der Waals surface area contributed by atoms with Gasteiger partial charge in [-0.15, -0.1) is 11.3 Å². The zero-order valence-corrected chi connectivity index (χ0v) is 16.2. The van der Waals surface area contributed by atoms with E-state index < -0.39 is 0 Å². The highest BCUT2D eigenvalue weighted by Crippen LogP contribution is 2.29. The van der Waals surface area contributed by atoms with Crippen LogP contribution in [0.25, 0.3) is 10.2 Å². The highest BCUT2D eigenvalue weighted by Gasteiger charge is 2.21. The molecule has 0 saturated carbocycles. The van der Waals surface area contributed by atoms with Crippen LogP contribution in [0.4, 0.5) is 0 Å². The molecule has 3 rings (SSSR count). The van der Waals surface area contributed by atoms with Crippen LogP contribution in [-0.2, 0) is 4.79 Å². The Labute approximate surface area is 150 Å². The zero-order chi connectivity index (χ0) is 17.4. The van der Waals surface area contributed by atoms with E-state index in [0.717, 1.165) is 46.6 Å². The summed E-state index contributed by atoms with van der Waals surface area (Å²) < 4.78 is 1.73. The number of likely N-dealkylation sites (tertiary alicyclic amines) is 1. The number of hydrogen-bond acceptors (Lipinski definition) is 5. The van der Waals surface area contributed by atoms with Crippen molar-refractivity contribution in [2.75, 3.05) is 18.8 Å². The van der Waals surface area contributed by atoms with E-state index in [0.29, 0.717) is 10.9 Å². The van der Waals surface area contributed by atoms with Crippen LogP contribution in [0.2, 0.25) is 0 Å². The number of carbonyl (C=O) groups excluding carboxylic acids is 1. The Morgan fingerprint density at radius 2 is 1.96 bits per heavy atom. The summed E-state index contributed by atoms with van der Waals surface area (Å²) in [6.07, 6.45) is 2.18. The van der Waals surface area contributed by atoms with Crippen molar-refractivity contribution in [2.45, 2.75) is 51.7 Å². The number of fused-ring (bicyclic) bond motifs is 1. The van der Waals surface area contributed by atoms with Crippen molar-refractivity contribution in [2.24, 2.45) is 0 Å². The predicted octanol–water partition coefficient (Wildman–Crippen LogP) is 3.37. The number of nitrogens with zero attached hydrogens (tertiary/aromatic N) is 3. The molecule has 0 spiro atoms. The molecule has 1 amide bonds. The van der Waals surface area contributed by atoms with Crippen molar-refractivity contribution < 1.29 is 4.79 Å². The van der Waals surface area contributed by atoms with Gasteiger partial charge in [0, 0.05) is 24.0 Å². The first-order chi connectivity index (χ1) is 11.4. The van der Waals surface area contributed by atoms with Gasteiger partial charge in [0.15, 0.2) is 5.16 Å². The lowest BCUT2D eigenvalue weighted by Gasteiger charge is -2.17. The second-order valence-corrected chi connectivity index (χ2v) is 8.65. The van der Waals surface area contributed by atoms with Crippen LogP contribution in [0.3, 0.4) is 0 Å². The summed E-state index contributed by atoms with van der Waals surface area (Å²) in [5.41, 5.74) is 1.03. The van der Waals surface area contributed by atoms with Gasteiger partial charge >= 0.3 is 0 Å². The van der Waals surface area contributed by atoms with Crippen molar-refractivity contribution in [1.29, 1.82) is 0 Å². The Morgan fingerprint density at radius 1 is 1.29 bits per heavy atom. The summed E-state index contributed by atoms with van der Waals surface area (Å²) in [5, 5.41) is 1.37. The number of amides is 1. The van der Waals surface area contributed by atoms with Gasteiger partial charge in [-0.3, -0.25) is 14.2 Å². The Hall–Kier alpha value is -1.34. The van der Waals surface area contributed by atoms with E-state index in [1.165, 1.54) is 11.8 Å². The van der Waals surface area contributed by atoms with E-state index in [2.05, 4.69) is 0 Å². The third-order valence-electron chi connectivity index (χ3n) is 4.50. The average molecular weight is 366 g/mol. The molecule has 3 heterocycles. The molecule has 0 unspecified atom stereocenters. The molecule has 0 radical (unpaired) electrons. The van der Waals surface area contributed by atoms with Crippen molar-refractivity contribution in [3.05, 3.63) is 20.8 Å². The largest absolute Gasteiger partial charge is 0.342 e. The maximum absolute atomic E-state index is 12.9. The number of aromatic nitrogens is 2. The maximum atomic E-state index is 12.9. The van der Waals surface area contributed by atoms with Crippen LogP contribution in [0.5, 0.6) is 0 Å². The van der Waals surface area contributed by atoms with Gasteiger partial charge in [0.25, 0.3) is 5.56 Å². The highest BCUT2D eigenvalue weighted by molar-refractivity contribution is 7.99. The van der Waals surface area contributed by atoms with E-state index in [4.69, 9.17) is 4.98 Å². The molecule has 1 fully saturated rings. The van der Waals surface area contributed by atoms with Crippen LogP contribution in [0, 0.1) is 13.8 Å². The van der Waals surface area contributed by atoms with Gasteiger partial charge in [0.2, 0.25) is 5.91 Å². The molecule has 0 aromatic carbocycles. The molecular weight excluding hydrogens is 342 g/mol. The smallest absolute Gasteiger partial charge is 0.263 e. The number of thiophene rings is 1. The number of carbonyl (C=O) groups is 1. The minimum Gasteiger partial charge on any atom is -0.342 e. The van der Waals surface area contributed by atoms with Crippen molar-refractivity contribution >= 4 is 39.2 Å². The molecule has 0 bridgehead atoms. The number of thioether (sulfide) groups is 1. The van der Waals surface area contributed by atoms with Crippen LogP contribution < -0.4 is 5.56 Å². The molecule has 0 atom stereocenters. The summed E-state index contributed by atoms with van der Waals surface area (Å²) >= 11 is 2.94. The average Bonchev–Trinajstić information content (AvgIpc) is 3.14. The first-order valence-electron chi connectivity index (χ1n) is 8.33. The fourth-order valence-electron chi connectivity index (χ4n) is 3.03. The number of aryl methyl sites for hydroxylation is 2. The van der Waals surface area contributed by atoms with E-state index in [1.54, 1.807) is 15.9 Å². The first-order valence-corrected chi connectivity index (χ1v) is 10.1. The summed E-state index contributed by atoms with van der Waals surface area (Å²) in [6.45, 7) is 9.67. The van der Waals surface area contributed by atoms with Crippen molar-refractivity contribution in [3.8, 4) is 0 Å². The maximum Gasteiger partial charge on any atom is 0.263 e. The Kier molecular flexibility index (Phi) is 5.01. The van der Waals surface area contributed by atoms with Gasteiger partial charge in [-0.1, -0.05) is 11.8 Å². The van der Waals surface area contributed by atoms with E-state index in [-0.39, 0.29) is 17.5 Å². The Morgan fingerprint density at radius 3 is 2.58 bits per heavy atom. The van der Waals surface area contributed by atoms with Crippen LogP contribution in [0.1, 0.15) is 43.2 Å². The van der Waals surface area contributed by atoms with E-state index in [1.807, 2.05) is 32.6 Å². The second kappa shape index (κ2) is 6.88. The van der Waals surface area contributed by atoms with Gasteiger partial charge in [-0.2, -0.15) is 0 Å². The lowest BCUT2D eigenvalue weighted by molar-refractivity contribution is -0.127. The fourth-order valence-corrected chi connectivity index (χ4v) is 5.13. The predicted molar refractivity (Wildman–Crippen MR) is 100 cm³/mol. The summed E-state index contributed by atoms with van der Waals surface area (Å²) in [7, 11) is 0. The highest BCUT2D eigenvalue weighted by atomic mass is 32.2. The fraction of sp³-hybridized carbons (Fsp3) is 0.588. The molecule has 1 aliphatic rings. The molecule has 2 aromatic heterocycles. The van der Waals surface area contributed by atoms with Gasteiger partial charge in [-0.05, 0) is 46.1 Å². The van der Waals surface area contributed by atoms with E-state index in [9.17, 15) is 9.59 Å². The van der Waals surface area contributed by atoms with E-state index >= 15 is 0 Å².